The monoisotopic (exact) mass is 386 g/mol. The molecule has 0 radical (unpaired) electrons. The molecular formula is C17H23ClN2O4S. The van der Waals surface area contributed by atoms with Crippen LogP contribution < -0.4 is 0 Å². The predicted molar refractivity (Wildman–Crippen MR) is 95.0 cm³/mol. The van der Waals surface area contributed by atoms with Crippen LogP contribution in [0.4, 0.5) is 0 Å². The number of sulfonamides is 1. The summed E-state index contributed by atoms with van der Waals surface area (Å²) in [6.07, 6.45) is 1.13. The van der Waals surface area contributed by atoms with Gasteiger partial charge in [0.2, 0.25) is 15.9 Å². The summed E-state index contributed by atoms with van der Waals surface area (Å²) in [5, 5.41) is 0.476. The predicted octanol–water partition coefficient (Wildman–Crippen LogP) is 2.13. The van der Waals surface area contributed by atoms with Crippen molar-refractivity contribution in [1.29, 1.82) is 0 Å². The Hall–Kier alpha value is -1.15. The fourth-order valence-electron chi connectivity index (χ4n) is 3.59. The molecule has 138 valence electrons. The molecule has 1 amide bonds. The third-order valence-electron chi connectivity index (χ3n) is 4.64. The fourth-order valence-corrected chi connectivity index (χ4v) is 5.36. The number of hydrogen-bond acceptors (Lipinski definition) is 4. The Balaban J connectivity index is 1.82. The standard InChI is InChI=1S/C17H23ClN2O4S/c1-12-10-19(11-13(2)24-12)17(21)16-4-3-9-20(16)25(22,23)15-7-5-14(18)6-8-15/h5-8,12-13,16H,3-4,9-11H2,1-2H3/t12-,13-,16-/m0/s1. The van der Waals surface area contributed by atoms with Crippen molar-refractivity contribution in [2.45, 2.75) is 49.8 Å². The maximum Gasteiger partial charge on any atom is 0.243 e. The van der Waals surface area contributed by atoms with Crippen molar-refractivity contribution in [2.24, 2.45) is 0 Å². The van der Waals surface area contributed by atoms with Crippen LogP contribution in [-0.2, 0) is 19.6 Å². The van der Waals surface area contributed by atoms with Gasteiger partial charge in [-0.15, -0.1) is 0 Å². The van der Waals surface area contributed by atoms with E-state index >= 15 is 0 Å². The van der Waals surface area contributed by atoms with E-state index in [1.54, 1.807) is 17.0 Å². The Labute approximate surface area is 153 Å². The van der Waals surface area contributed by atoms with Gasteiger partial charge < -0.3 is 9.64 Å². The number of nitrogens with zero attached hydrogens (tertiary/aromatic N) is 2. The smallest absolute Gasteiger partial charge is 0.243 e. The molecule has 6 nitrogen and oxygen atoms in total. The summed E-state index contributed by atoms with van der Waals surface area (Å²) in [6.45, 7) is 5.19. The summed E-state index contributed by atoms with van der Waals surface area (Å²) >= 11 is 5.85. The number of carbonyl (C=O) groups is 1. The highest BCUT2D eigenvalue weighted by molar-refractivity contribution is 7.89. The molecule has 2 saturated heterocycles. The largest absolute Gasteiger partial charge is 0.372 e. The SMILES string of the molecule is C[C@H]1CN(C(=O)[C@@H]2CCCN2S(=O)(=O)c2ccc(Cl)cc2)C[C@H](C)O1. The molecule has 1 aromatic rings. The molecule has 2 aliphatic heterocycles. The second-order valence-electron chi connectivity index (χ2n) is 6.73. The Bertz CT molecular complexity index is 728. The zero-order valence-electron chi connectivity index (χ0n) is 14.4. The molecule has 2 fully saturated rings. The van der Waals surface area contributed by atoms with Gasteiger partial charge >= 0.3 is 0 Å². The quantitative estimate of drug-likeness (QED) is 0.798. The number of ether oxygens (including phenoxy) is 1. The summed E-state index contributed by atoms with van der Waals surface area (Å²) in [4.78, 5) is 14.9. The van der Waals surface area contributed by atoms with Crippen LogP contribution in [0.25, 0.3) is 0 Å². The number of benzene rings is 1. The number of morpholine rings is 1. The van der Waals surface area contributed by atoms with Crippen LogP contribution in [0.2, 0.25) is 5.02 Å². The average molecular weight is 387 g/mol. The lowest BCUT2D eigenvalue weighted by Gasteiger charge is -2.37. The number of carbonyl (C=O) groups excluding carboxylic acids is 1. The first-order chi connectivity index (χ1) is 11.8. The topological polar surface area (TPSA) is 66.9 Å². The van der Waals surface area contributed by atoms with Gasteiger partial charge in [-0.25, -0.2) is 8.42 Å². The second kappa shape index (κ2) is 7.23. The van der Waals surface area contributed by atoms with Crippen LogP contribution in [0, 0.1) is 0 Å². The molecular weight excluding hydrogens is 364 g/mol. The first-order valence-electron chi connectivity index (χ1n) is 8.50. The highest BCUT2D eigenvalue weighted by Crippen LogP contribution is 2.28. The van der Waals surface area contributed by atoms with Gasteiger partial charge in [0.1, 0.15) is 6.04 Å². The molecule has 2 heterocycles. The van der Waals surface area contributed by atoms with Crippen molar-refractivity contribution in [3.05, 3.63) is 29.3 Å². The summed E-state index contributed by atoms with van der Waals surface area (Å²) in [6, 6.07) is 5.42. The molecule has 0 N–H and O–H groups in total. The summed E-state index contributed by atoms with van der Waals surface area (Å²) in [7, 11) is -3.72. The lowest BCUT2D eigenvalue weighted by molar-refractivity contribution is -0.146. The molecule has 0 spiro atoms. The Kier molecular flexibility index (Phi) is 5.39. The van der Waals surface area contributed by atoms with Crippen LogP contribution in [0.5, 0.6) is 0 Å². The van der Waals surface area contributed by atoms with Crippen molar-refractivity contribution in [3.63, 3.8) is 0 Å². The molecule has 2 aliphatic rings. The minimum Gasteiger partial charge on any atom is -0.372 e. The first-order valence-corrected chi connectivity index (χ1v) is 10.3. The lowest BCUT2D eigenvalue weighted by Crippen LogP contribution is -2.54. The number of hydrogen-bond donors (Lipinski definition) is 0. The molecule has 25 heavy (non-hydrogen) atoms. The van der Waals surface area contributed by atoms with E-state index in [0.29, 0.717) is 37.5 Å². The van der Waals surface area contributed by atoms with E-state index < -0.39 is 16.1 Å². The molecule has 3 rings (SSSR count). The van der Waals surface area contributed by atoms with Crippen LogP contribution in [0.3, 0.4) is 0 Å². The summed E-state index contributed by atoms with van der Waals surface area (Å²) in [5.41, 5.74) is 0. The highest BCUT2D eigenvalue weighted by Gasteiger charge is 2.42. The normalized spacial score (nSPS) is 28.3. The molecule has 1 aromatic carbocycles. The Morgan fingerprint density at radius 1 is 1.16 bits per heavy atom. The van der Waals surface area contributed by atoms with Crippen LogP contribution in [0.15, 0.2) is 29.2 Å². The second-order valence-corrected chi connectivity index (χ2v) is 9.06. The van der Waals surface area contributed by atoms with Gasteiger partial charge in [-0.1, -0.05) is 11.6 Å². The van der Waals surface area contributed by atoms with E-state index in [9.17, 15) is 13.2 Å². The van der Waals surface area contributed by atoms with Crippen LogP contribution in [0.1, 0.15) is 26.7 Å². The Morgan fingerprint density at radius 3 is 2.36 bits per heavy atom. The van der Waals surface area contributed by atoms with Crippen molar-refractivity contribution in [3.8, 4) is 0 Å². The van der Waals surface area contributed by atoms with Gasteiger partial charge in [-0.05, 0) is 51.0 Å². The molecule has 8 heteroatoms. The van der Waals surface area contributed by atoms with E-state index in [1.165, 1.54) is 16.4 Å². The van der Waals surface area contributed by atoms with Crippen molar-refractivity contribution in [1.82, 2.24) is 9.21 Å². The first kappa shape index (κ1) is 18.6. The minimum absolute atomic E-state index is 0.0459. The molecule has 0 saturated carbocycles. The molecule has 0 bridgehead atoms. The van der Waals surface area contributed by atoms with E-state index in [1.807, 2.05) is 13.8 Å². The van der Waals surface area contributed by atoms with Crippen molar-refractivity contribution in [2.75, 3.05) is 19.6 Å². The van der Waals surface area contributed by atoms with E-state index in [0.717, 1.165) is 0 Å². The molecule has 3 atom stereocenters. The zero-order valence-corrected chi connectivity index (χ0v) is 16.0. The van der Waals surface area contributed by atoms with Gasteiger partial charge in [-0.3, -0.25) is 4.79 Å². The molecule has 0 unspecified atom stereocenters. The van der Waals surface area contributed by atoms with Crippen LogP contribution >= 0.6 is 11.6 Å². The zero-order chi connectivity index (χ0) is 18.2. The van der Waals surface area contributed by atoms with Gasteiger partial charge in [0.15, 0.2) is 0 Å². The summed E-state index contributed by atoms with van der Waals surface area (Å²) < 4.78 is 32.9. The Morgan fingerprint density at radius 2 is 1.76 bits per heavy atom. The number of halogens is 1. The molecule has 0 aliphatic carbocycles. The lowest BCUT2D eigenvalue weighted by atomic mass is 10.1. The highest BCUT2D eigenvalue weighted by atomic mass is 35.5. The average Bonchev–Trinajstić information content (AvgIpc) is 3.04. The van der Waals surface area contributed by atoms with Crippen molar-refractivity contribution >= 4 is 27.5 Å². The maximum absolute atomic E-state index is 13.0. The third kappa shape index (κ3) is 3.84. The van der Waals surface area contributed by atoms with E-state index in [4.69, 9.17) is 16.3 Å². The van der Waals surface area contributed by atoms with E-state index in [-0.39, 0.29) is 23.0 Å². The van der Waals surface area contributed by atoms with Crippen LogP contribution in [-0.4, -0.2) is 61.4 Å². The third-order valence-corrected chi connectivity index (χ3v) is 6.81. The van der Waals surface area contributed by atoms with Crippen molar-refractivity contribution < 1.29 is 17.9 Å². The number of amides is 1. The van der Waals surface area contributed by atoms with Gasteiger partial charge in [0.25, 0.3) is 0 Å². The number of rotatable bonds is 3. The van der Waals surface area contributed by atoms with Gasteiger partial charge in [0.05, 0.1) is 17.1 Å². The summed E-state index contributed by atoms with van der Waals surface area (Å²) in [5.74, 6) is -0.128. The maximum atomic E-state index is 13.0. The minimum atomic E-state index is -3.72. The van der Waals surface area contributed by atoms with Gasteiger partial charge in [0, 0.05) is 24.7 Å². The van der Waals surface area contributed by atoms with E-state index in [2.05, 4.69) is 0 Å². The molecule has 0 aromatic heterocycles. The fraction of sp³-hybridized carbons (Fsp3) is 0.588. The van der Waals surface area contributed by atoms with Gasteiger partial charge in [-0.2, -0.15) is 4.31 Å².